The standard InChI is InChI=1S/C19H21ClN2O7/c1-21(10-12-5-7-16(26-2)19(28-4)18(12)27-3)17(23)11-29-15-8-6-13(22(24)25)9-14(15)20/h5-9H,10-11H2,1-4H3. The van der Waals surface area contributed by atoms with E-state index in [0.29, 0.717) is 17.2 Å². The van der Waals surface area contributed by atoms with Crippen molar-refractivity contribution in [2.45, 2.75) is 6.54 Å². The summed E-state index contributed by atoms with van der Waals surface area (Å²) in [7, 11) is 6.13. The van der Waals surface area contributed by atoms with Crippen LogP contribution < -0.4 is 18.9 Å². The van der Waals surface area contributed by atoms with Crippen LogP contribution in [0.15, 0.2) is 30.3 Å². The van der Waals surface area contributed by atoms with Crippen molar-refractivity contribution in [2.75, 3.05) is 35.0 Å². The first-order valence-electron chi connectivity index (χ1n) is 8.40. The molecule has 2 aromatic carbocycles. The third-order valence-electron chi connectivity index (χ3n) is 4.10. The number of nitro groups is 1. The minimum atomic E-state index is -0.564. The highest BCUT2D eigenvalue weighted by molar-refractivity contribution is 6.32. The van der Waals surface area contributed by atoms with E-state index >= 15 is 0 Å². The number of nitro benzene ring substituents is 1. The minimum Gasteiger partial charge on any atom is -0.493 e. The van der Waals surface area contributed by atoms with Gasteiger partial charge in [0, 0.05) is 31.3 Å². The molecule has 0 aliphatic heterocycles. The Kier molecular flexibility index (Phi) is 7.49. The number of non-ortho nitro benzene ring substituents is 1. The van der Waals surface area contributed by atoms with Gasteiger partial charge in [0.15, 0.2) is 18.1 Å². The number of amides is 1. The monoisotopic (exact) mass is 424 g/mol. The highest BCUT2D eigenvalue weighted by Gasteiger charge is 2.19. The topological polar surface area (TPSA) is 100 Å². The van der Waals surface area contributed by atoms with E-state index in [1.165, 1.54) is 44.4 Å². The van der Waals surface area contributed by atoms with Crippen LogP contribution in [0.5, 0.6) is 23.0 Å². The van der Waals surface area contributed by atoms with Crippen LogP contribution in [0.25, 0.3) is 0 Å². The van der Waals surface area contributed by atoms with E-state index in [0.717, 1.165) is 5.56 Å². The van der Waals surface area contributed by atoms with Gasteiger partial charge in [-0.15, -0.1) is 0 Å². The highest BCUT2D eigenvalue weighted by Crippen LogP contribution is 2.40. The fraction of sp³-hybridized carbons (Fsp3) is 0.316. The Labute approximate surface area is 172 Å². The predicted molar refractivity (Wildman–Crippen MR) is 106 cm³/mol. The van der Waals surface area contributed by atoms with Crippen LogP contribution in [0.3, 0.4) is 0 Å². The Morgan fingerprint density at radius 1 is 1.07 bits per heavy atom. The molecule has 2 aromatic rings. The van der Waals surface area contributed by atoms with Gasteiger partial charge in [-0.2, -0.15) is 0 Å². The first-order valence-corrected chi connectivity index (χ1v) is 8.78. The maximum atomic E-state index is 12.4. The molecule has 0 spiro atoms. The van der Waals surface area contributed by atoms with E-state index < -0.39 is 4.92 Å². The molecular formula is C19H21ClN2O7. The number of likely N-dealkylation sites (N-methyl/N-ethyl adjacent to an activating group) is 1. The molecule has 0 aromatic heterocycles. The molecule has 0 fully saturated rings. The van der Waals surface area contributed by atoms with Crippen molar-refractivity contribution in [3.63, 3.8) is 0 Å². The molecule has 29 heavy (non-hydrogen) atoms. The number of nitrogens with zero attached hydrogens (tertiary/aromatic N) is 2. The van der Waals surface area contributed by atoms with Gasteiger partial charge in [0.2, 0.25) is 5.75 Å². The molecule has 0 atom stereocenters. The number of carbonyl (C=O) groups is 1. The molecule has 0 radical (unpaired) electrons. The van der Waals surface area contributed by atoms with Gasteiger partial charge in [-0.1, -0.05) is 11.6 Å². The zero-order chi connectivity index (χ0) is 21.6. The lowest BCUT2D eigenvalue weighted by molar-refractivity contribution is -0.384. The first-order chi connectivity index (χ1) is 13.8. The molecule has 0 saturated carbocycles. The third kappa shape index (κ3) is 5.20. The van der Waals surface area contributed by atoms with Gasteiger partial charge in [-0.3, -0.25) is 14.9 Å². The van der Waals surface area contributed by atoms with Gasteiger partial charge in [0.05, 0.1) is 31.3 Å². The van der Waals surface area contributed by atoms with Crippen molar-refractivity contribution in [3.05, 3.63) is 51.0 Å². The van der Waals surface area contributed by atoms with E-state index in [-0.39, 0.29) is 35.5 Å². The highest BCUT2D eigenvalue weighted by atomic mass is 35.5. The van der Waals surface area contributed by atoms with E-state index in [4.69, 9.17) is 30.5 Å². The molecule has 0 N–H and O–H groups in total. The first kappa shape index (κ1) is 22.1. The molecule has 0 unspecified atom stereocenters. The molecular weight excluding hydrogens is 404 g/mol. The zero-order valence-corrected chi connectivity index (χ0v) is 17.2. The van der Waals surface area contributed by atoms with E-state index in [1.54, 1.807) is 19.2 Å². The second-order valence-corrected chi connectivity index (χ2v) is 6.31. The molecule has 9 nitrogen and oxygen atoms in total. The summed E-state index contributed by atoms with van der Waals surface area (Å²) in [6.07, 6.45) is 0. The molecule has 1 amide bonds. The Morgan fingerprint density at radius 2 is 1.72 bits per heavy atom. The van der Waals surface area contributed by atoms with Crippen molar-refractivity contribution in [3.8, 4) is 23.0 Å². The normalized spacial score (nSPS) is 10.2. The van der Waals surface area contributed by atoms with Crippen molar-refractivity contribution >= 4 is 23.2 Å². The number of benzene rings is 2. The molecule has 0 heterocycles. The summed E-state index contributed by atoms with van der Waals surface area (Å²) in [5.74, 6) is 1.27. The third-order valence-corrected chi connectivity index (χ3v) is 4.39. The van der Waals surface area contributed by atoms with Crippen LogP contribution in [0, 0.1) is 10.1 Å². The maximum absolute atomic E-state index is 12.4. The van der Waals surface area contributed by atoms with Gasteiger partial charge in [-0.05, 0) is 18.2 Å². The average molecular weight is 425 g/mol. The lowest BCUT2D eigenvalue weighted by Crippen LogP contribution is -2.31. The van der Waals surface area contributed by atoms with Gasteiger partial charge in [0.1, 0.15) is 5.75 Å². The fourth-order valence-corrected chi connectivity index (χ4v) is 2.83. The predicted octanol–water partition coefficient (Wildman–Crippen LogP) is 3.31. The lowest BCUT2D eigenvalue weighted by Gasteiger charge is -2.21. The van der Waals surface area contributed by atoms with Gasteiger partial charge < -0.3 is 23.8 Å². The van der Waals surface area contributed by atoms with E-state index in [1.807, 2.05) is 0 Å². The quantitative estimate of drug-likeness (QED) is 0.449. The van der Waals surface area contributed by atoms with Crippen LogP contribution >= 0.6 is 11.6 Å². The summed E-state index contributed by atoms with van der Waals surface area (Å²) in [6.45, 7) is -0.0522. The van der Waals surface area contributed by atoms with E-state index in [2.05, 4.69) is 0 Å². The second-order valence-electron chi connectivity index (χ2n) is 5.90. The molecule has 10 heteroatoms. The molecule has 2 rings (SSSR count). The number of hydrogen-bond donors (Lipinski definition) is 0. The van der Waals surface area contributed by atoms with Crippen LogP contribution in [-0.2, 0) is 11.3 Å². The average Bonchev–Trinajstić information content (AvgIpc) is 2.71. The van der Waals surface area contributed by atoms with Crippen LogP contribution in [-0.4, -0.2) is 50.7 Å². The molecule has 0 saturated heterocycles. The van der Waals surface area contributed by atoms with Gasteiger partial charge in [-0.25, -0.2) is 0 Å². The summed E-state index contributed by atoms with van der Waals surface area (Å²) in [6, 6.07) is 7.27. The summed E-state index contributed by atoms with van der Waals surface area (Å²) in [5.41, 5.74) is 0.556. The van der Waals surface area contributed by atoms with Gasteiger partial charge in [0.25, 0.3) is 11.6 Å². The SMILES string of the molecule is COc1ccc(CN(C)C(=O)COc2ccc([N+](=O)[O-])cc2Cl)c(OC)c1OC. The Hall–Kier alpha value is -3.20. The number of hydrogen-bond acceptors (Lipinski definition) is 7. The summed E-state index contributed by atoms with van der Waals surface area (Å²) >= 11 is 5.97. The molecule has 0 bridgehead atoms. The molecule has 156 valence electrons. The van der Waals surface area contributed by atoms with Crippen LogP contribution in [0.4, 0.5) is 5.69 Å². The van der Waals surface area contributed by atoms with Gasteiger partial charge >= 0.3 is 0 Å². The molecule has 0 aliphatic carbocycles. The number of carbonyl (C=O) groups excluding carboxylic acids is 1. The van der Waals surface area contributed by atoms with Crippen molar-refractivity contribution < 1.29 is 28.7 Å². The van der Waals surface area contributed by atoms with Crippen molar-refractivity contribution in [1.82, 2.24) is 4.90 Å². The Bertz CT molecular complexity index is 904. The zero-order valence-electron chi connectivity index (χ0n) is 16.4. The summed E-state index contributed by atoms with van der Waals surface area (Å²) in [4.78, 5) is 24.1. The van der Waals surface area contributed by atoms with Crippen LogP contribution in [0.1, 0.15) is 5.56 Å². The largest absolute Gasteiger partial charge is 0.493 e. The number of methoxy groups -OCH3 is 3. The number of halogens is 1. The summed E-state index contributed by atoms with van der Waals surface area (Å²) in [5, 5.41) is 10.8. The van der Waals surface area contributed by atoms with Crippen LogP contribution in [0.2, 0.25) is 5.02 Å². The Balaban J connectivity index is 2.07. The Morgan fingerprint density at radius 3 is 2.28 bits per heavy atom. The van der Waals surface area contributed by atoms with Crippen molar-refractivity contribution in [2.24, 2.45) is 0 Å². The lowest BCUT2D eigenvalue weighted by atomic mass is 10.1. The smallest absolute Gasteiger partial charge is 0.271 e. The fourth-order valence-electron chi connectivity index (χ4n) is 2.60. The second kappa shape index (κ2) is 9.83. The minimum absolute atomic E-state index is 0.0520. The number of rotatable bonds is 9. The number of ether oxygens (including phenoxy) is 4. The summed E-state index contributed by atoms with van der Waals surface area (Å²) < 4.78 is 21.4. The van der Waals surface area contributed by atoms with Crippen molar-refractivity contribution in [1.29, 1.82) is 0 Å². The maximum Gasteiger partial charge on any atom is 0.271 e. The van der Waals surface area contributed by atoms with E-state index in [9.17, 15) is 14.9 Å². The molecule has 0 aliphatic rings.